The average molecular weight is 240 g/mol. The second kappa shape index (κ2) is 4.47. The standard InChI is InChI=1S/C7H8BrClS/c8-6-1-3-7(4-2-6)10-5-9/h1-3,7H,4-5H2. The Labute approximate surface area is 78.8 Å². The Bertz CT molecular complexity index is 165. The van der Waals surface area contributed by atoms with Gasteiger partial charge in [0.25, 0.3) is 0 Å². The molecule has 0 aromatic carbocycles. The van der Waals surface area contributed by atoms with Crippen LogP contribution >= 0.6 is 39.3 Å². The molecule has 0 bridgehead atoms. The molecule has 10 heavy (non-hydrogen) atoms. The molecule has 56 valence electrons. The van der Waals surface area contributed by atoms with Crippen molar-refractivity contribution in [1.82, 2.24) is 0 Å². The van der Waals surface area contributed by atoms with Crippen molar-refractivity contribution < 1.29 is 0 Å². The van der Waals surface area contributed by atoms with Crippen LogP contribution < -0.4 is 0 Å². The highest BCUT2D eigenvalue weighted by Crippen LogP contribution is 2.24. The largest absolute Gasteiger partial charge is 0.138 e. The Kier molecular flexibility index (Phi) is 3.89. The fourth-order valence-corrected chi connectivity index (χ4v) is 2.19. The van der Waals surface area contributed by atoms with E-state index in [4.69, 9.17) is 11.6 Å². The third-order valence-electron chi connectivity index (χ3n) is 1.29. The highest BCUT2D eigenvalue weighted by molar-refractivity contribution is 9.11. The zero-order chi connectivity index (χ0) is 7.40. The van der Waals surface area contributed by atoms with Crippen molar-refractivity contribution >= 4 is 39.3 Å². The van der Waals surface area contributed by atoms with Gasteiger partial charge in [0.2, 0.25) is 0 Å². The van der Waals surface area contributed by atoms with Gasteiger partial charge in [-0.25, -0.2) is 0 Å². The van der Waals surface area contributed by atoms with Crippen LogP contribution in [0.2, 0.25) is 0 Å². The summed E-state index contributed by atoms with van der Waals surface area (Å²) in [5.41, 5.74) is 0. The highest BCUT2D eigenvalue weighted by atomic mass is 79.9. The first-order chi connectivity index (χ1) is 4.83. The van der Waals surface area contributed by atoms with Crippen molar-refractivity contribution in [1.29, 1.82) is 0 Å². The van der Waals surface area contributed by atoms with E-state index in [1.807, 2.05) is 0 Å². The van der Waals surface area contributed by atoms with Gasteiger partial charge in [-0.2, -0.15) is 0 Å². The normalized spacial score (nSPS) is 24.6. The molecule has 1 unspecified atom stereocenters. The Morgan fingerprint density at radius 2 is 2.60 bits per heavy atom. The van der Waals surface area contributed by atoms with Crippen LogP contribution in [0, 0.1) is 0 Å². The lowest BCUT2D eigenvalue weighted by Crippen LogP contribution is -1.99. The van der Waals surface area contributed by atoms with Gasteiger partial charge in [0.1, 0.15) is 0 Å². The number of hydrogen-bond donors (Lipinski definition) is 0. The van der Waals surface area contributed by atoms with Gasteiger partial charge in [0.05, 0.1) is 5.21 Å². The molecular formula is C7H8BrClS. The van der Waals surface area contributed by atoms with Gasteiger partial charge in [-0.1, -0.05) is 34.2 Å². The van der Waals surface area contributed by atoms with Crippen molar-refractivity contribution in [2.45, 2.75) is 11.7 Å². The fourth-order valence-electron chi connectivity index (χ4n) is 0.779. The number of hydrogen-bond acceptors (Lipinski definition) is 1. The molecule has 1 rings (SSSR count). The first-order valence-electron chi connectivity index (χ1n) is 3.04. The summed E-state index contributed by atoms with van der Waals surface area (Å²) in [6.07, 6.45) is 7.52. The topological polar surface area (TPSA) is 0 Å². The molecule has 0 heterocycles. The lowest BCUT2D eigenvalue weighted by atomic mass is 10.2. The molecule has 0 fully saturated rings. The molecule has 0 radical (unpaired) electrons. The molecule has 1 atom stereocenters. The van der Waals surface area contributed by atoms with Gasteiger partial charge < -0.3 is 0 Å². The van der Waals surface area contributed by atoms with Crippen molar-refractivity contribution in [3.8, 4) is 0 Å². The summed E-state index contributed by atoms with van der Waals surface area (Å²) in [4.78, 5) is 0. The average Bonchev–Trinajstić information content (AvgIpc) is 1.95. The van der Waals surface area contributed by atoms with Crippen molar-refractivity contribution in [3.63, 3.8) is 0 Å². The van der Waals surface area contributed by atoms with Crippen LogP contribution in [0.25, 0.3) is 0 Å². The first kappa shape index (κ1) is 8.69. The molecule has 0 N–H and O–H groups in total. The van der Waals surface area contributed by atoms with Gasteiger partial charge in [0, 0.05) is 9.73 Å². The van der Waals surface area contributed by atoms with Crippen molar-refractivity contribution in [2.75, 3.05) is 5.21 Å². The summed E-state index contributed by atoms with van der Waals surface area (Å²) in [7, 11) is 0. The van der Waals surface area contributed by atoms with E-state index in [-0.39, 0.29) is 0 Å². The number of alkyl halides is 1. The fraction of sp³-hybridized carbons (Fsp3) is 0.429. The van der Waals surface area contributed by atoms with Crippen molar-refractivity contribution in [2.24, 2.45) is 0 Å². The van der Waals surface area contributed by atoms with Crippen LogP contribution in [0.15, 0.2) is 22.7 Å². The monoisotopic (exact) mass is 238 g/mol. The van der Waals surface area contributed by atoms with Crippen LogP contribution in [-0.2, 0) is 0 Å². The van der Waals surface area contributed by atoms with Gasteiger partial charge in [-0.3, -0.25) is 0 Å². The Morgan fingerprint density at radius 1 is 1.80 bits per heavy atom. The molecule has 0 aromatic rings. The quantitative estimate of drug-likeness (QED) is 0.665. The molecule has 1 aliphatic rings. The third-order valence-corrected chi connectivity index (χ3v) is 3.16. The highest BCUT2D eigenvalue weighted by Gasteiger charge is 2.06. The zero-order valence-electron chi connectivity index (χ0n) is 5.39. The minimum absolute atomic E-state index is 0.582. The number of allylic oxidation sites excluding steroid dienone is 3. The maximum absolute atomic E-state index is 5.57. The van der Waals surface area contributed by atoms with E-state index in [1.165, 1.54) is 4.48 Å². The lowest BCUT2D eigenvalue weighted by molar-refractivity contribution is 1.06. The number of rotatable bonds is 2. The van der Waals surface area contributed by atoms with E-state index in [9.17, 15) is 0 Å². The molecule has 0 saturated carbocycles. The molecule has 3 heteroatoms. The molecule has 0 saturated heterocycles. The van der Waals surface area contributed by atoms with Crippen LogP contribution in [0.1, 0.15) is 6.42 Å². The summed E-state index contributed by atoms with van der Waals surface area (Å²) in [6.45, 7) is 0. The molecule has 0 aromatic heterocycles. The Morgan fingerprint density at radius 3 is 3.10 bits per heavy atom. The smallest absolute Gasteiger partial charge is 0.0686 e. The second-order valence-electron chi connectivity index (χ2n) is 2.00. The predicted molar refractivity (Wildman–Crippen MR) is 52.9 cm³/mol. The number of halogens is 2. The van der Waals surface area contributed by atoms with E-state index < -0.39 is 0 Å². The second-order valence-corrected chi connectivity index (χ2v) is 4.73. The van der Waals surface area contributed by atoms with Crippen LogP contribution in [-0.4, -0.2) is 10.5 Å². The molecule has 0 spiro atoms. The lowest BCUT2D eigenvalue weighted by Gasteiger charge is -2.11. The van der Waals surface area contributed by atoms with E-state index in [0.717, 1.165) is 6.42 Å². The summed E-state index contributed by atoms with van der Waals surface area (Å²) < 4.78 is 1.18. The van der Waals surface area contributed by atoms with Crippen LogP contribution in [0.4, 0.5) is 0 Å². The van der Waals surface area contributed by atoms with E-state index in [0.29, 0.717) is 10.5 Å². The number of thioether (sulfide) groups is 1. The maximum atomic E-state index is 5.57. The predicted octanol–water partition coefficient (Wildman–Crippen LogP) is 3.52. The molecule has 0 aliphatic heterocycles. The molecule has 0 amide bonds. The molecule has 0 nitrogen and oxygen atoms in total. The summed E-state index contributed by atoms with van der Waals surface area (Å²) >= 11 is 10.7. The van der Waals surface area contributed by atoms with Crippen LogP contribution in [0.5, 0.6) is 0 Å². The Hall–Kier alpha value is 0.600. The summed E-state index contributed by atoms with van der Waals surface area (Å²) in [6, 6.07) is 0. The van der Waals surface area contributed by atoms with E-state index in [2.05, 4.69) is 34.2 Å². The minimum Gasteiger partial charge on any atom is -0.138 e. The van der Waals surface area contributed by atoms with Crippen LogP contribution in [0.3, 0.4) is 0 Å². The minimum atomic E-state index is 0.582. The Balaban J connectivity index is 2.37. The maximum Gasteiger partial charge on any atom is 0.0686 e. The third kappa shape index (κ3) is 2.69. The first-order valence-corrected chi connectivity index (χ1v) is 5.42. The summed E-state index contributed by atoms with van der Waals surface area (Å²) in [5, 5.41) is 1.26. The van der Waals surface area contributed by atoms with Gasteiger partial charge in [-0.15, -0.1) is 23.4 Å². The zero-order valence-corrected chi connectivity index (χ0v) is 8.55. The summed E-state index contributed by atoms with van der Waals surface area (Å²) in [5.74, 6) is 0. The van der Waals surface area contributed by atoms with Gasteiger partial charge >= 0.3 is 0 Å². The van der Waals surface area contributed by atoms with Crippen molar-refractivity contribution in [3.05, 3.63) is 22.7 Å². The van der Waals surface area contributed by atoms with Gasteiger partial charge in [-0.05, 0) is 6.42 Å². The van der Waals surface area contributed by atoms with Gasteiger partial charge in [0.15, 0.2) is 0 Å². The molecular weight excluding hydrogens is 232 g/mol. The van der Waals surface area contributed by atoms with E-state index >= 15 is 0 Å². The molecule has 1 aliphatic carbocycles. The van der Waals surface area contributed by atoms with E-state index in [1.54, 1.807) is 11.8 Å². The SMILES string of the molecule is ClCSC1C=CC(Br)=CC1.